The number of hydrogen-bond acceptors (Lipinski definition) is 5. The first-order valence-corrected chi connectivity index (χ1v) is 9.34. The summed E-state index contributed by atoms with van der Waals surface area (Å²) < 4.78 is 14.5. The van der Waals surface area contributed by atoms with Crippen LogP contribution in [-0.4, -0.2) is 48.1 Å². The van der Waals surface area contributed by atoms with Gasteiger partial charge in [-0.3, -0.25) is 10.0 Å². The van der Waals surface area contributed by atoms with Gasteiger partial charge in [-0.2, -0.15) is 5.10 Å². The molecular weight excluding hydrogens is 361 g/mol. The number of hydrogen-bond donors (Lipinski definition) is 3. The molecule has 152 valence electrons. The van der Waals surface area contributed by atoms with Crippen LogP contribution in [-0.2, 0) is 0 Å². The van der Waals surface area contributed by atoms with Crippen LogP contribution >= 0.6 is 0 Å². The fourth-order valence-electron chi connectivity index (χ4n) is 2.52. The first kappa shape index (κ1) is 21.5. The van der Waals surface area contributed by atoms with E-state index >= 15 is 0 Å². The monoisotopic (exact) mass is 389 g/mol. The Balaban J connectivity index is 2.06. The number of anilines is 2. The standard InChI is InChI=1S/C19H28FN7O/c1-4-5-18(22-9-8-14(3)28)26-19(21)25-15-6-7-17(16(20)10-15)27-11-13(2)23-12-24-27/h6-7,10,12,14,28H,4-5,8-9,11H2,1-3H3,(H3,21,22,25,26). The second-order valence-electron chi connectivity index (χ2n) is 6.63. The molecule has 0 fully saturated rings. The summed E-state index contributed by atoms with van der Waals surface area (Å²) in [5.74, 6) is 0.307. The van der Waals surface area contributed by atoms with Gasteiger partial charge in [0.15, 0.2) is 11.8 Å². The molecule has 9 heteroatoms. The molecule has 1 heterocycles. The van der Waals surface area contributed by atoms with Crippen molar-refractivity contribution in [3.8, 4) is 0 Å². The third-order valence-corrected chi connectivity index (χ3v) is 3.91. The Hall–Kier alpha value is -2.81. The number of benzene rings is 1. The minimum atomic E-state index is -0.427. The molecule has 4 N–H and O–H groups in total. The second kappa shape index (κ2) is 10.5. The third kappa shape index (κ3) is 6.73. The molecule has 1 aliphatic rings. The molecule has 0 aromatic heterocycles. The highest BCUT2D eigenvalue weighted by atomic mass is 19.1. The van der Waals surface area contributed by atoms with Crippen LogP contribution in [0.2, 0.25) is 0 Å². The van der Waals surface area contributed by atoms with E-state index in [0.717, 1.165) is 12.1 Å². The zero-order valence-corrected chi connectivity index (χ0v) is 16.6. The molecular formula is C19H28FN7O. The quantitative estimate of drug-likeness (QED) is 0.492. The summed E-state index contributed by atoms with van der Waals surface area (Å²) in [6, 6.07) is 4.68. The van der Waals surface area contributed by atoms with Gasteiger partial charge in [0, 0.05) is 24.4 Å². The first-order valence-electron chi connectivity index (χ1n) is 9.34. The van der Waals surface area contributed by atoms with Crippen molar-refractivity contribution in [2.24, 2.45) is 25.8 Å². The lowest BCUT2D eigenvalue weighted by molar-refractivity contribution is 0.187. The fraction of sp³-hybridized carbons (Fsp3) is 0.474. The van der Waals surface area contributed by atoms with Crippen LogP contribution in [0.15, 0.2) is 38.3 Å². The van der Waals surface area contributed by atoms with Gasteiger partial charge in [0.05, 0.1) is 18.3 Å². The predicted molar refractivity (Wildman–Crippen MR) is 114 cm³/mol. The summed E-state index contributed by atoms with van der Waals surface area (Å²) in [6.45, 7) is 6.52. The highest BCUT2D eigenvalue weighted by Crippen LogP contribution is 2.24. The number of nitrogens with one attached hydrogen (secondary N) is 1. The summed E-state index contributed by atoms with van der Waals surface area (Å²) in [5, 5.41) is 17.8. The van der Waals surface area contributed by atoms with E-state index in [1.807, 2.05) is 13.8 Å². The molecule has 0 saturated heterocycles. The summed E-state index contributed by atoms with van der Waals surface area (Å²) in [6.07, 6.45) is 3.09. The average molecular weight is 389 g/mol. The van der Waals surface area contributed by atoms with Crippen molar-refractivity contribution in [2.45, 2.75) is 46.1 Å². The van der Waals surface area contributed by atoms with Crippen LogP contribution in [0.4, 0.5) is 15.8 Å². The maximum atomic E-state index is 14.5. The van der Waals surface area contributed by atoms with Crippen molar-refractivity contribution in [1.29, 1.82) is 0 Å². The molecule has 1 atom stereocenters. The summed E-state index contributed by atoms with van der Waals surface area (Å²) >= 11 is 0. The van der Waals surface area contributed by atoms with E-state index in [4.69, 9.17) is 5.73 Å². The van der Waals surface area contributed by atoms with E-state index in [9.17, 15) is 9.50 Å². The summed E-state index contributed by atoms with van der Waals surface area (Å²) in [4.78, 5) is 12.7. The molecule has 1 aliphatic heterocycles. The number of nitrogens with two attached hydrogens (primary N) is 1. The van der Waals surface area contributed by atoms with Gasteiger partial charge in [-0.1, -0.05) is 6.92 Å². The molecule has 0 bridgehead atoms. The van der Waals surface area contributed by atoms with Crippen molar-refractivity contribution in [3.63, 3.8) is 0 Å². The lowest BCUT2D eigenvalue weighted by Gasteiger charge is -2.21. The molecule has 1 aromatic rings. The number of aliphatic imine (C=N–C) groups is 3. The van der Waals surface area contributed by atoms with Crippen LogP contribution in [0.25, 0.3) is 0 Å². The third-order valence-electron chi connectivity index (χ3n) is 3.91. The van der Waals surface area contributed by atoms with Crippen molar-refractivity contribution in [1.82, 2.24) is 0 Å². The molecule has 2 rings (SSSR count). The Labute approximate surface area is 164 Å². The van der Waals surface area contributed by atoms with E-state index in [2.05, 4.69) is 25.4 Å². The van der Waals surface area contributed by atoms with Crippen LogP contribution in [0, 0.1) is 5.82 Å². The SMILES string of the molecule is CCCC(=NCCC(C)O)N=C(N)Nc1ccc(N2CC(C)=NC=N2)c(F)c1. The van der Waals surface area contributed by atoms with E-state index < -0.39 is 11.9 Å². The second-order valence-corrected chi connectivity index (χ2v) is 6.63. The maximum Gasteiger partial charge on any atom is 0.199 e. The minimum absolute atomic E-state index is 0.135. The summed E-state index contributed by atoms with van der Waals surface area (Å²) in [7, 11) is 0. The maximum absolute atomic E-state index is 14.5. The minimum Gasteiger partial charge on any atom is -0.393 e. The van der Waals surface area contributed by atoms with Gasteiger partial charge in [-0.15, -0.1) is 0 Å². The van der Waals surface area contributed by atoms with Gasteiger partial charge in [0.25, 0.3) is 0 Å². The van der Waals surface area contributed by atoms with Gasteiger partial charge < -0.3 is 16.2 Å². The topological polar surface area (TPSA) is 111 Å². The molecule has 0 spiro atoms. The lowest BCUT2D eigenvalue weighted by Crippen LogP contribution is -2.27. The Morgan fingerprint density at radius 3 is 2.89 bits per heavy atom. The first-order chi connectivity index (χ1) is 13.4. The average Bonchev–Trinajstić information content (AvgIpc) is 2.61. The molecule has 28 heavy (non-hydrogen) atoms. The Bertz CT molecular complexity index is 786. The molecule has 1 unspecified atom stereocenters. The van der Waals surface area contributed by atoms with Crippen LogP contribution in [0.5, 0.6) is 0 Å². The number of aliphatic hydroxyl groups is 1. The molecule has 0 saturated carbocycles. The van der Waals surface area contributed by atoms with Crippen LogP contribution in [0.1, 0.15) is 40.0 Å². The fourth-order valence-corrected chi connectivity index (χ4v) is 2.52. The molecule has 0 amide bonds. The number of amidine groups is 1. The van der Waals surface area contributed by atoms with E-state index in [1.54, 1.807) is 24.1 Å². The highest BCUT2D eigenvalue weighted by molar-refractivity contribution is 6.01. The number of aliphatic hydroxyl groups excluding tert-OH is 1. The number of hydrazone groups is 1. The smallest absolute Gasteiger partial charge is 0.199 e. The van der Waals surface area contributed by atoms with Crippen molar-refractivity contribution < 1.29 is 9.50 Å². The van der Waals surface area contributed by atoms with E-state index in [-0.39, 0.29) is 5.96 Å². The van der Waals surface area contributed by atoms with Crippen molar-refractivity contribution in [2.75, 3.05) is 23.4 Å². The van der Waals surface area contributed by atoms with Gasteiger partial charge in [-0.25, -0.2) is 14.4 Å². The number of nitrogens with zero attached hydrogens (tertiary/aromatic N) is 5. The zero-order chi connectivity index (χ0) is 20.5. The molecule has 1 aromatic carbocycles. The van der Waals surface area contributed by atoms with Gasteiger partial charge in [0.2, 0.25) is 0 Å². The largest absolute Gasteiger partial charge is 0.393 e. The Morgan fingerprint density at radius 2 is 2.25 bits per heavy atom. The predicted octanol–water partition coefficient (Wildman–Crippen LogP) is 2.75. The molecule has 8 nitrogen and oxygen atoms in total. The lowest BCUT2D eigenvalue weighted by atomic mass is 10.2. The van der Waals surface area contributed by atoms with E-state index in [1.165, 1.54) is 12.4 Å². The molecule has 0 radical (unpaired) electrons. The summed E-state index contributed by atoms with van der Waals surface area (Å²) in [5.41, 5.74) is 7.65. The van der Waals surface area contributed by atoms with Crippen LogP contribution in [0.3, 0.4) is 0 Å². The van der Waals surface area contributed by atoms with Gasteiger partial charge in [-0.05, 0) is 44.9 Å². The number of rotatable bonds is 7. The van der Waals surface area contributed by atoms with Crippen molar-refractivity contribution >= 4 is 35.2 Å². The normalized spacial score (nSPS) is 16.2. The number of halogens is 1. The van der Waals surface area contributed by atoms with Crippen LogP contribution < -0.4 is 16.1 Å². The zero-order valence-electron chi connectivity index (χ0n) is 16.6. The highest BCUT2D eigenvalue weighted by Gasteiger charge is 2.14. The van der Waals surface area contributed by atoms with Crippen molar-refractivity contribution in [3.05, 3.63) is 24.0 Å². The number of guanidine groups is 1. The van der Waals surface area contributed by atoms with E-state index in [0.29, 0.717) is 43.1 Å². The Kier molecular flexibility index (Phi) is 8.06. The van der Waals surface area contributed by atoms with Gasteiger partial charge in [0.1, 0.15) is 12.2 Å². The Morgan fingerprint density at radius 1 is 1.46 bits per heavy atom. The molecule has 0 aliphatic carbocycles. The van der Waals surface area contributed by atoms with Gasteiger partial charge >= 0.3 is 0 Å².